The second-order valence-corrected chi connectivity index (χ2v) is 26.0. The number of nitrogens with zero attached hydrogens (tertiary/aromatic N) is 5. The van der Waals surface area contributed by atoms with E-state index in [1.54, 1.807) is 0 Å². The van der Waals surface area contributed by atoms with Gasteiger partial charge in [-0.05, 0) is 126 Å². The Kier molecular flexibility index (Phi) is 16.0. The molecule has 2 aliphatic rings. The number of para-hydroxylation sites is 8. The van der Waals surface area contributed by atoms with E-state index < -0.39 is 0 Å². The molecule has 0 bridgehead atoms. The first-order valence-corrected chi connectivity index (χ1v) is 33.9. The summed E-state index contributed by atoms with van der Waals surface area (Å²) in [5.74, 6) is 1.53. The van der Waals surface area contributed by atoms with Gasteiger partial charge in [-0.2, -0.15) is 0 Å². The van der Waals surface area contributed by atoms with E-state index in [1.807, 2.05) is 17.5 Å². The van der Waals surface area contributed by atoms with Crippen LogP contribution in [-0.4, -0.2) is 26.5 Å². The molecule has 0 N–H and O–H groups in total. The van der Waals surface area contributed by atoms with Gasteiger partial charge in [0, 0.05) is 109 Å². The molecule has 0 radical (unpaired) electrons. The van der Waals surface area contributed by atoms with Crippen molar-refractivity contribution in [3.05, 3.63) is 346 Å². The highest BCUT2D eigenvalue weighted by Gasteiger charge is 2.47. The summed E-state index contributed by atoms with van der Waals surface area (Å²) in [6.07, 6.45) is 1.97. The fourth-order valence-corrected chi connectivity index (χ4v) is 16.3. The number of hydrogen-bond donors (Lipinski definition) is 0. The van der Waals surface area contributed by atoms with Crippen LogP contribution in [0.25, 0.3) is 32.3 Å². The van der Waals surface area contributed by atoms with Crippen LogP contribution in [-0.2, 0) is 0 Å². The summed E-state index contributed by atoms with van der Waals surface area (Å²) < 4.78 is 10.4. The topological polar surface area (TPSA) is 25.4 Å². The van der Waals surface area contributed by atoms with Crippen molar-refractivity contribution in [1.29, 1.82) is 0 Å². The van der Waals surface area contributed by atoms with Crippen molar-refractivity contribution in [2.45, 2.75) is 25.7 Å². The van der Waals surface area contributed by atoms with E-state index in [2.05, 4.69) is 386 Å². The molecular formula is C87H69B2N5OS. The number of ether oxygens (including phenoxy) is 1. The van der Waals surface area contributed by atoms with Gasteiger partial charge in [0.25, 0.3) is 6.71 Å². The summed E-state index contributed by atoms with van der Waals surface area (Å²) in [5.41, 5.74) is 21.9. The Morgan fingerprint density at radius 2 is 0.969 bits per heavy atom. The lowest BCUT2D eigenvalue weighted by Crippen LogP contribution is -2.60. The SMILES string of the molecule is C=CN(c1ccccc1)c1ccccc1B(c1cc2c(cc1N(C)c1c(-c3ccccc3)cccc1-c1ccccc1)Oc1cc(N(c3ccccc3)c3ccccc3)cc3c1B2c1sc2ccccc2c1N3c1ccccc1)[C@H](C)C(C)N(c1ccccc1)c1ccccc1. The van der Waals surface area contributed by atoms with Gasteiger partial charge in [-0.25, -0.2) is 0 Å². The zero-order chi connectivity index (χ0) is 64.6. The van der Waals surface area contributed by atoms with Crippen molar-refractivity contribution >= 4 is 130 Å². The minimum absolute atomic E-state index is 0.0880. The second kappa shape index (κ2) is 25.8. The van der Waals surface area contributed by atoms with Crippen LogP contribution < -0.4 is 55.9 Å². The molecule has 6 nitrogen and oxygen atoms in total. The van der Waals surface area contributed by atoms with E-state index in [4.69, 9.17) is 4.74 Å². The molecular weight excluding hydrogens is 1180 g/mol. The first-order valence-electron chi connectivity index (χ1n) is 33.1. The van der Waals surface area contributed by atoms with E-state index in [1.165, 1.54) is 31.5 Å². The fourth-order valence-electron chi connectivity index (χ4n) is 15.0. The predicted octanol–water partition coefficient (Wildman–Crippen LogP) is 20.4. The van der Waals surface area contributed by atoms with Crippen LogP contribution in [0.15, 0.2) is 346 Å². The largest absolute Gasteiger partial charge is 0.458 e. The Bertz CT molecular complexity index is 4950. The van der Waals surface area contributed by atoms with Crippen molar-refractivity contribution in [2.24, 2.45) is 0 Å². The zero-order valence-corrected chi connectivity index (χ0v) is 54.7. The summed E-state index contributed by atoms with van der Waals surface area (Å²) >= 11 is 1.90. The Labute approximate surface area is 568 Å². The molecule has 0 aliphatic carbocycles. The number of fused-ring (bicyclic) bond motifs is 6. The molecule has 1 aromatic heterocycles. The van der Waals surface area contributed by atoms with E-state index in [-0.39, 0.29) is 25.3 Å². The highest BCUT2D eigenvalue weighted by atomic mass is 32.1. The van der Waals surface area contributed by atoms with Gasteiger partial charge >= 0.3 is 0 Å². The molecule has 0 saturated heterocycles. The predicted molar refractivity (Wildman–Crippen MR) is 412 cm³/mol. The van der Waals surface area contributed by atoms with Gasteiger partial charge in [0.15, 0.2) is 0 Å². The summed E-state index contributed by atoms with van der Waals surface area (Å²) in [6.45, 7) is 8.91. The lowest BCUT2D eigenvalue weighted by atomic mass is 9.30. The lowest BCUT2D eigenvalue weighted by molar-refractivity contribution is 0.488. The van der Waals surface area contributed by atoms with Gasteiger partial charge in [0.2, 0.25) is 6.71 Å². The average Bonchev–Trinajstić information content (AvgIpc) is 1.33. The molecule has 0 spiro atoms. The van der Waals surface area contributed by atoms with Crippen LogP contribution >= 0.6 is 11.3 Å². The van der Waals surface area contributed by atoms with Crippen LogP contribution in [0.5, 0.6) is 11.5 Å². The molecule has 0 amide bonds. The highest BCUT2D eigenvalue weighted by molar-refractivity contribution is 7.33. The number of benzene rings is 13. The van der Waals surface area contributed by atoms with E-state index in [0.29, 0.717) is 0 Å². The number of thiophene rings is 1. The summed E-state index contributed by atoms with van der Waals surface area (Å²) in [7, 11) is 2.28. The number of hydrogen-bond acceptors (Lipinski definition) is 7. The summed E-state index contributed by atoms with van der Waals surface area (Å²) in [5, 5.41) is 1.21. The van der Waals surface area contributed by atoms with Crippen molar-refractivity contribution in [2.75, 3.05) is 31.5 Å². The molecule has 0 saturated carbocycles. The van der Waals surface area contributed by atoms with Crippen molar-refractivity contribution in [3.63, 3.8) is 0 Å². The summed E-state index contributed by atoms with van der Waals surface area (Å²) in [4.78, 5) is 12.2. The Morgan fingerprint density at radius 1 is 0.469 bits per heavy atom. The lowest BCUT2D eigenvalue weighted by Gasteiger charge is -2.42. The van der Waals surface area contributed by atoms with Gasteiger partial charge in [-0.15, -0.1) is 11.3 Å². The number of anilines is 12. The molecule has 3 heterocycles. The van der Waals surface area contributed by atoms with Gasteiger partial charge in [0.1, 0.15) is 11.5 Å². The Morgan fingerprint density at radius 3 is 1.54 bits per heavy atom. The molecule has 14 aromatic rings. The molecule has 0 fully saturated rings. The minimum Gasteiger partial charge on any atom is -0.458 e. The van der Waals surface area contributed by atoms with Crippen LogP contribution in [0.4, 0.5) is 68.2 Å². The van der Waals surface area contributed by atoms with Crippen molar-refractivity contribution < 1.29 is 4.74 Å². The van der Waals surface area contributed by atoms with Gasteiger partial charge in [0.05, 0.1) is 17.1 Å². The molecule has 2 aliphatic heterocycles. The van der Waals surface area contributed by atoms with Crippen LogP contribution in [0.1, 0.15) is 13.8 Å². The Hall–Kier alpha value is -11.5. The van der Waals surface area contributed by atoms with Crippen LogP contribution in [0.2, 0.25) is 5.82 Å². The molecule has 9 heteroatoms. The third-order valence-electron chi connectivity index (χ3n) is 19.5. The Balaban J connectivity index is 1.02. The third kappa shape index (κ3) is 10.7. The standard InChI is InChI=1S/C87H69B2N5OS/c1-5-91(65-39-18-8-19-40-65)78-55-32-31-54-75(78)88(61(2)62(3)92(66-41-20-9-21-42-66)67-43-22-10-23-44-67)76-59-77-81(60-79(76)90(4)85-72(63-35-14-6-15-36-63)52-34-53-73(85)64-37-16-7-17-38-64)95-82-58-71(93(68-45-24-11-25-46-68)69-47-26-12-27-48-69)57-80-84(82)89(77)87-86(74-51-30-33-56-83(74)96-87)94(80)70-49-28-13-29-50-70/h5-62H,1H2,2-4H3/t61-,62?/m1/s1. The smallest absolute Gasteiger partial charge is 0.268 e. The molecule has 13 aromatic carbocycles. The quantitative estimate of drug-likeness (QED) is 0.0794. The van der Waals surface area contributed by atoms with E-state index >= 15 is 0 Å². The third-order valence-corrected chi connectivity index (χ3v) is 20.7. The molecule has 96 heavy (non-hydrogen) atoms. The summed E-state index contributed by atoms with van der Waals surface area (Å²) in [6, 6.07) is 121. The normalized spacial score (nSPS) is 12.5. The molecule has 2 atom stereocenters. The fraction of sp³-hybridized carbons (Fsp3) is 0.0575. The minimum atomic E-state index is -0.288. The van der Waals surface area contributed by atoms with Crippen LogP contribution in [0.3, 0.4) is 0 Å². The monoisotopic (exact) mass is 1250 g/mol. The van der Waals surface area contributed by atoms with Crippen molar-refractivity contribution in [3.8, 4) is 33.8 Å². The van der Waals surface area contributed by atoms with E-state index in [0.717, 1.165) is 107 Å². The first kappa shape index (κ1) is 59.5. The second-order valence-electron chi connectivity index (χ2n) is 24.9. The average molecular weight is 1250 g/mol. The van der Waals surface area contributed by atoms with E-state index in [9.17, 15) is 0 Å². The van der Waals surface area contributed by atoms with Crippen molar-refractivity contribution in [1.82, 2.24) is 0 Å². The highest BCUT2D eigenvalue weighted by Crippen LogP contribution is 2.51. The number of rotatable bonds is 18. The van der Waals surface area contributed by atoms with Crippen LogP contribution in [0, 0.1) is 0 Å². The first-order chi connectivity index (χ1) is 47.4. The molecule has 1 unspecified atom stereocenters. The van der Waals surface area contributed by atoms with Gasteiger partial charge in [-0.3, -0.25) is 0 Å². The molecule has 460 valence electrons. The van der Waals surface area contributed by atoms with Gasteiger partial charge in [-0.1, -0.05) is 255 Å². The maximum absolute atomic E-state index is 7.95. The molecule has 16 rings (SSSR count). The maximum atomic E-state index is 7.95. The maximum Gasteiger partial charge on any atom is 0.268 e. The van der Waals surface area contributed by atoms with Gasteiger partial charge < -0.3 is 29.2 Å². The zero-order valence-electron chi connectivity index (χ0n) is 53.9.